The molecule has 2 aromatic carbocycles. The second kappa shape index (κ2) is 10.8. The van der Waals surface area contributed by atoms with Crippen molar-refractivity contribution < 1.29 is 9.59 Å². The minimum Gasteiger partial charge on any atom is -0.351 e. The normalized spacial score (nSPS) is 25.1. The van der Waals surface area contributed by atoms with Crippen LogP contribution in [0, 0.1) is 25.2 Å². The number of nitrogens with one attached hydrogen (secondary N) is 3. The predicted molar refractivity (Wildman–Crippen MR) is 160 cm³/mol. The third-order valence-corrected chi connectivity index (χ3v) is 9.24. The molecule has 1 saturated carbocycles. The Bertz CT molecular complexity index is 1240. The van der Waals surface area contributed by atoms with Crippen LogP contribution in [0.1, 0.15) is 94.0 Å². The third kappa shape index (κ3) is 5.51. The Labute approximate surface area is 233 Å². The van der Waals surface area contributed by atoms with Crippen molar-refractivity contribution in [2.45, 2.75) is 97.9 Å². The van der Waals surface area contributed by atoms with E-state index in [9.17, 15) is 9.59 Å². The first-order chi connectivity index (χ1) is 17.8. The standard InChI is InChI=1S/C32H43N3O2S/c1-19(2)23-9-11-26-24(18-23)10-12-27-31(26,6)13-8-14-32(27,7)29(37)35-30(38)33-22(5)28(36)34-25-16-20(3)15-21(4)17-25/h9,11,15-19,22,27H,8,10,12-14H2,1-7H3,(H,34,36)(H2,33,35,37,38)/t22-,27+,31+,32+/m0/s1. The number of amides is 2. The molecule has 2 aromatic rings. The number of thiocarbonyl (C=S) groups is 1. The van der Waals surface area contributed by atoms with Crippen LogP contribution in [0.4, 0.5) is 5.69 Å². The molecule has 0 aliphatic heterocycles. The highest BCUT2D eigenvalue weighted by atomic mass is 32.1. The van der Waals surface area contributed by atoms with Gasteiger partial charge in [0.15, 0.2) is 5.11 Å². The van der Waals surface area contributed by atoms with Crippen LogP contribution >= 0.6 is 12.2 Å². The van der Waals surface area contributed by atoms with Crippen LogP contribution in [0.15, 0.2) is 36.4 Å². The molecule has 1 fully saturated rings. The maximum absolute atomic E-state index is 13.8. The number of aryl methyl sites for hydroxylation is 3. The van der Waals surface area contributed by atoms with Crippen LogP contribution < -0.4 is 16.0 Å². The Balaban J connectivity index is 1.43. The molecule has 204 valence electrons. The topological polar surface area (TPSA) is 70.2 Å². The molecule has 4 atom stereocenters. The lowest BCUT2D eigenvalue weighted by Gasteiger charge is -2.54. The Morgan fingerprint density at radius 1 is 1.00 bits per heavy atom. The molecule has 0 saturated heterocycles. The van der Waals surface area contributed by atoms with Crippen LogP contribution in [0.5, 0.6) is 0 Å². The van der Waals surface area contributed by atoms with Gasteiger partial charge in [-0.3, -0.25) is 9.59 Å². The summed E-state index contributed by atoms with van der Waals surface area (Å²) in [5, 5.41) is 9.12. The van der Waals surface area contributed by atoms with Gasteiger partial charge in [-0.05, 0) is 116 Å². The molecule has 5 nitrogen and oxygen atoms in total. The van der Waals surface area contributed by atoms with Crippen molar-refractivity contribution in [3.05, 3.63) is 64.2 Å². The van der Waals surface area contributed by atoms with Crippen LogP contribution in [-0.4, -0.2) is 23.0 Å². The molecule has 2 aliphatic rings. The van der Waals surface area contributed by atoms with Crippen LogP contribution in [-0.2, 0) is 21.4 Å². The lowest BCUT2D eigenvalue weighted by Crippen LogP contribution is -2.58. The average Bonchev–Trinajstić information content (AvgIpc) is 2.82. The Morgan fingerprint density at radius 2 is 1.68 bits per heavy atom. The highest BCUT2D eigenvalue weighted by Crippen LogP contribution is 2.57. The summed E-state index contributed by atoms with van der Waals surface area (Å²) >= 11 is 5.50. The lowest BCUT2D eigenvalue weighted by molar-refractivity contribution is -0.137. The molecule has 6 heteroatoms. The molecule has 0 radical (unpaired) electrons. The number of carbonyl (C=O) groups excluding carboxylic acids is 2. The number of carbonyl (C=O) groups is 2. The van der Waals surface area contributed by atoms with E-state index in [0.717, 1.165) is 48.9 Å². The first kappa shape index (κ1) is 28.3. The number of hydrogen-bond donors (Lipinski definition) is 3. The summed E-state index contributed by atoms with van der Waals surface area (Å²) in [7, 11) is 0. The summed E-state index contributed by atoms with van der Waals surface area (Å²) in [6.45, 7) is 14.7. The summed E-state index contributed by atoms with van der Waals surface area (Å²) in [5.41, 5.74) is 6.59. The van der Waals surface area contributed by atoms with Crippen LogP contribution in [0.3, 0.4) is 0 Å². The van der Waals surface area contributed by atoms with Gasteiger partial charge in [0, 0.05) is 5.69 Å². The molecule has 0 heterocycles. The van der Waals surface area contributed by atoms with E-state index in [4.69, 9.17) is 12.2 Å². The molecule has 2 amide bonds. The van der Waals surface area contributed by atoms with Gasteiger partial charge in [-0.15, -0.1) is 0 Å². The predicted octanol–water partition coefficient (Wildman–Crippen LogP) is 6.46. The van der Waals surface area contributed by atoms with Gasteiger partial charge in [-0.1, -0.05) is 58.4 Å². The summed E-state index contributed by atoms with van der Waals surface area (Å²) in [6, 6.07) is 12.3. The van der Waals surface area contributed by atoms with Crippen molar-refractivity contribution in [2.24, 2.45) is 11.3 Å². The molecular formula is C32H43N3O2S. The van der Waals surface area contributed by atoms with E-state index < -0.39 is 11.5 Å². The van der Waals surface area contributed by atoms with Gasteiger partial charge in [-0.25, -0.2) is 0 Å². The minimum atomic E-state index is -0.593. The highest BCUT2D eigenvalue weighted by Gasteiger charge is 2.55. The fourth-order valence-electron chi connectivity index (χ4n) is 6.98. The lowest BCUT2D eigenvalue weighted by atomic mass is 9.49. The summed E-state index contributed by atoms with van der Waals surface area (Å²) in [4.78, 5) is 26.5. The van der Waals surface area contributed by atoms with Gasteiger partial charge < -0.3 is 16.0 Å². The van der Waals surface area contributed by atoms with Crippen molar-refractivity contribution in [2.75, 3.05) is 5.32 Å². The fourth-order valence-corrected chi connectivity index (χ4v) is 7.25. The smallest absolute Gasteiger partial charge is 0.246 e. The zero-order chi connectivity index (χ0) is 27.8. The van der Waals surface area contributed by atoms with E-state index in [1.165, 1.54) is 16.7 Å². The fraction of sp³-hybridized carbons (Fsp3) is 0.531. The maximum Gasteiger partial charge on any atom is 0.246 e. The van der Waals surface area contributed by atoms with E-state index in [-0.39, 0.29) is 28.3 Å². The summed E-state index contributed by atoms with van der Waals surface area (Å²) in [5.74, 6) is 0.490. The zero-order valence-corrected chi connectivity index (χ0v) is 24.8. The number of benzene rings is 2. The number of rotatable bonds is 5. The summed E-state index contributed by atoms with van der Waals surface area (Å²) < 4.78 is 0. The maximum atomic E-state index is 13.8. The molecule has 0 spiro atoms. The molecule has 0 bridgehead atoms. The van der Waals surface area contributed by atoms with Crippen LogP contribution in [0.25, 0.3) is 0 Å². The molecule has 4 rings (SSSR count). The number of anilines is 1. The van der Waals surface area contributed by atoms with E-state index in [0.29, 0.717) is 5.92 Å². The second-order valence-corrected chi connectivity index (χ2v) is 12.8. The second-order valence-electron chi connectivity index (χ2n) is 12.4. The molecule has 0 unspecified atom stereocenters. The minimum absolute atomic E-state index is 0.0401. The van der Waals surface area contributed by atoms with Gasteiger partial charge >= 0.3 is 0 Å². The number of hydrogen-bond acceptors (Lipinski definition) is 3. The van der Waals surface area contributed by atoms with Crippen molar-refractivity contribution in [1.29, 1.82) is 0 Å². The van der Waals surface area contributed by atoms with Gasteiger partial charge in [0.05, 0.1) is 5.41 Å². The Kier molecular flexibility index (Phi) is 8.04. The van der Waals surface area contributed by atoms with Crippen LogP contribution in [0.2, 0.25) is 0 Å². The quantitative estimate of drug-likeness (QED) is 0.386. The van der Waals surface area contributed by atoms with Gasteiger partial charge in [0.1, 0.15) is 6.04 Å². The van der Waals surface area contributed by atoms with Gasteiger partial charge in [0.25, 0.3) is 0 Å². The van der Waals surface area contributed by atoms with Gasteiger partial charge in [0.2, 0.25) is 11.8 Å². The van der Waals surface area contributed by atoms with E-state index in [1.54, 1.807) is 6.92 Å². The Morgan fingerprint density at radius 3 is 2.34 bits per heavy atom. The first-order valence-corrected chi connectivity index (χ1v) is 14.4. The Hall–Kier alpha value is -2.73. The van der Waals surface area contributed by atoms with Crippen molar-refractivity contribution in [3.63, 3.8) is 0 Å². The SMILES string of the molecule is Cc1cc(C)cc(NC(=O)[C@H](C)NC(=S)NC(=O)[C@]2(C)CCC[C@]3(C)c4ccc(C(C)C)cc4CC[C@@H]23)c1. The van der Waals surface area contributed by atoms with Crippen molar-refractivity contribution in [3.8, 4) is 0 Å². The number of fused-ring (bicyclic) bond motifs is 3. The van der Waals surface area contributed by atoms with Gasteiger partial charge in [-0.2, -0.15) is 0 Å². The van der Waals surface area contributed by atoms with E-state index in [1.807, 2.05) is 26.0 Å². The van der Waals surface area contributed by atoms with E-state index in [2.05, 4.69) is 67.9 Å². The third-order valence-electron chi connectivity index (χ3n) is 9.02. The van der Waals surface area contributed by atoms with Crippen molar-refractivity contribution in [1.82, 2.24) is 10.6 Å². The molecule has 38 heavy (non-hydrogen) atoms. The molecule has 0 aromatic heterocycles. The van der Waals surface area contributed by atoms with E-state index >= 15 is 0 Å². The molecule has 2 aliphatic carbocycles. The highest BCUT2D eigenvalue weighted by molar-refractivity contribution is 7.80. The molecule has 3 N–H and O–H groups in total. The largest absolute Gasteiger partial charge is 0.351 e. The van der Waals surface area contributed by atoms with Crippen molar-refractivity contribution >= 4 is 34.8 Å². The average molecular weight is 534 g/mol. The molecular weight excluding hydrogens is 490 g/mol. The first-order valence-electron chi connectivity index (χ1n) is 14.0. The summed E-state index contributed by atoms with van der Waals surface area (Å²) in [6.07, 6.45) is 4.91. The monoisotopic (exact) mass is 533 g/mol. The zero-order valence-electron chi connectivity index (χ0n) is 24.0.